The Morgan fingerprint density at radius 2 is 0.762 bits per heavy atom. The number of aliphatic hydroxyl groups is 1. The third kappa shape index (κ3) is 18.1. The van der Waals surface area contributed by atoms with Crippen LogP contribution in [-0.2, 0) is 74.8 Å². The second-order valence-corrected chi connectivity index (χ2v) is 23.5. The Kier molecular flexibility index (Phi) is 24.6. The molecule has 2 aromatic rings. The van der Waals surface area contributed by atoms with Gasteiger partial charge in [0.1, 0.15) is 36.5 Å². The van der Waals surface area contributed by atoms with Gasteiger partial charge in [0.05, 0.1) is 26.4 Å². The van der Waals surface area contributed by atoms with Crippen molar-refractivity contribution >= 4 is 53.0 Å². The summed E-state index contributed by atoms with van der Waals surface area (Å²) in [6.07, 6.45) is -7.01. The standard InChI is InChI=1S/C60H92N6O14/c1-37(2)31-47-57(71)77-41(9)53(67)61(11)50(34-40(7)8)60(74)80-52(36-44-17-21-46(22-18-44)66-25-29-76-30-26-66)56(70)64(14)48(32-38(3)4)58(72)78-42(10)54(68)62(12)49(33-39(5)6)59(73)79-51(55(69)63(47)13)35-43-15-19-45(20-16-43)65-23-27-75-28-24-65/h15-22,37-42,47-53,67H,23-36H2,1-14H3/t41-,42-,47+,48+,49+,50+,51-,52-,53?/m1/s1. The molecule has 1 unspecified atom stereocenters. The van der Waals surface area contributed by atoms with Crippen LogP contribution in [0.2, 0.25) is 0 Å². The Labute approximate surface area is 474 Å². The second-order valence-electron chi connectivity index (χ2n) is 23.5. The first-order valence-corrected chi connectivity index (χ1v) is 28.6. The van der Waals surface area contributed by atoms with Crippen molar-refractivity contribution < 1.29 is 67.1 Å². The lowest BCUT2D eigenvalue weighted by Gasteiger charge is -2.37. The Hall–Kier alpha value is -5.83. The van der Waals surface area contributed by atoms with Crippen LogP contribution in [0, 0.1) is 23.7 Å². The topological polar surface area (TPSA) is 215 Å². The van der Waals surface area contributed by atoms with Crippen LogP contribution in [-0.4, -0.2) is 202 Å². The average molecular weight is 1120 g/mol. The monoisotopic (exact) mass is 1120 g/mol. The van der Waals surface area contributed by atoms with Gasteiger partial charge in [0.2, 0.25) is 0 Å². The van der Waals surface area contributed by atoms with Crippen LogP contribution in [0.1, 0.15) is 106 Å². The van der Waals surface area contributed by atoms with Crippen molar-refractivity contribution in [3.8, 4) is 0 Å². The number of anilines is 2. The van der Waals surface area contributed by atoms with Gasteiger partial charge >= 0.3 is 23.9 Å². The molecule has 3 aliphatic rings. The molecule has 2 aromatic carbocycles. The maximum atomic E-state index is 15.0. The molecule has 0 bridgehead atoms. The van der Waals surface area contributed by atoms with Crippen molar-refractivity contribution in [3.63, 3.8) is 0 Å². The third-order valence-corrected chi connectivity index (χ3v) is 15.1. The fourth-order valence-corrected chi connectivity index (χ4v) is 10.3. The number of ether oxygens (including phenoxy) is 6. The van der Waals surface area contributed by atoms with Gasteiger partial charge in [0.25, 0.3) is 17.7 Å². The molecular formula is C60H92N6O14. The highest BCUT2D eigenvalue weighted by molar-refractivity contribution is 5.93. The summed E-state index contributed by atoms with van der Waals surface area (Å²) in [5, 5.41) is 12.0. The zero-order valence-electron chi connectivity index (χ0n) is 50.0. The van der Waals surface area contributed by atoms with E-state index in [4.69, 9.17) is 28.4 Å². The molecular weight excluding hydrogens is 1030 g/mol. The Morgan fingerprint density at radius 1 is 0.450 bits per heavy atom. The van der Waals surface area contributed by atoms with E-state index in [-0.39, 0.29) is 62.2 Å². The van der Waals surface area contributed by atoms with Crippen LogP contribution in [0.15, 0.2) is 48.5 Å². The van der Waals surface area contributed by atoms with E-state index < -0.39 is 96.4 Å². The summed E-state index contributed by atoms with van der Waals surface area (Å²) in [7, 11) is 5.76. The first kappa shape index (κ1) is 65.0. The number of amides is 3. The number of cyclic esters (lactones) is 4. The van der Waals surface area contributed by atoms with Gasteiger partial charge in [0.15, 0.2) is 18.3 Å². The number of nitrogens with zero attached hydrogens (tertiary/aromatic N) is 6. The van der Waals surface area contributed by atoms with E-state index >= 15 is 9.59 Å². The van der Waals surface area contributed by atoms with Crippen LogP contribution in [0.3, 0.4) is 0 Å². The van der Waals surface area contributed by atoms with Crippen molar-refractivity contribution in [1.29, 1.82) is 0 Å². The Morgan fingerprint density at radius 3 is 1.12 bits per heavy atom. The first-order valence-electron chi connectivity index (χ1n) is 28.6. The number of esters is 4. The van der Waals surface area contributed by atoms with E-state index in [2.05, 4.69) is 9.80 Å². The number of benzene rings is 2. The third-order valence-electron chi connectivity index (χ3n) is 15.1. The molecule has 9 atom stereocenters. The molecule has 20 nitrogen and oxygen atoms in total. The van der Waals surface area contributed by atoms with E-state index in [1.165, 1.54) is 56.7 Å². The predicted octanol–water partition coefficient (Wildman–Crippen LogP) is 5.13. The van der Waals surface area contributed by atoms with Crippen LogP contribution in [0.25, 0.3) is 0 Å². The maximum absolute atomic E-state index is 15.0. The number of aliphatic hydroxyl groups excluding tert-OH is 1. The van der Waals surface area contributed by atoms with Crippen LogP contribution >= 0.6 is 0 Å². The lowest BCUT2D eigenvalue weighted by atomic mass is 9.99. The molecule has 3 aliphatic heterocycles. The van der Waals surface area contributed by atoms with Crippen molar-refractivity contribution in [2.75, 3.05) is 90.6 Å². The van der Waals surface area contributed by atoms with Gasteiger partial charge in [-0.2, -0.15) is 0 Å². The molecule has 3 saturated heterocycles. The van der Waals surface area contributed by atoms with E-state index in [1.54, 1.807) is 0 Å². The smallest absolute Gasteiger partial charge is 0.329 e. The molecule has 0 aromatic heterocycles. The predicted molar refractivity (Wildman–Crippen MR) is 302 cm³/mol. The van der Waals surface area contributed by atoms with Gasteiger partial charge in [-0.05, 0) is 106 Å². The number of likely N-dealkylation sites (N-methyl/N-ethyl adjacent to an activating group) is 4. The molecule has 0 spiro atoms. The van der Waals surface area contributed by atoms with Gasteiger partial charge in [-0.15, -0.1) is 0 Å². The molecule has 1 N–H and O–H groups in total. The van der Waals surface area contributed by atoms with Gasteiger partial charge in [0, 0.05) is 71.5 Å². The molecule has 20 heteroatoms. The van der Waals surface area contributed by atoms with Gasteiger partial charge in [-0.1, -0.05) is 79.7 Å². The van der Waals surface area contributed by atoms with Crippen LogP contribution < -0.4 is 9.80 Å². The minimum absolute atomic E-state index is 0.0883. The summed E-state index contributed by atoms with van der Waals surface area (Å²) in [5.41, 5.74) is 3.22. The van der Waals surface area contributed by atoms with E-state index in [0.29, 0.717) is 63.7 Å². The van der Waals surface area contributed by atoms with Crippen molar-refractivity contribution in [3.05, 3.63) is 59.7 Å². The fourth-order valence-electron chi connectivity index (χ4n) is 10.3. The minimum Gasteiger partial charge on any atom is -0.457 e. The summed E-state index contributed by atoms with van der Waals surface area (Å²) in [5.74, 6) is -6.26. The van der Waals surface area contributed by atoms with E-state index in [1.807, 2.05) is 104 Å². The van der Waals surface area contributed by atoms with Crippen molar-refractivity contribution in [2.24, 2.45) is 23.7 Å². The first-order chi connectivity index (χ1) is 37.8. The zero-order valence-corrected chi connectivity index (χ0v) is 50.0. The number of carbonyl (C=O) groups is 7. The van der Waals surface area contributed by atoms with Crippen LogP contribution in [0.4, 0.5) is 11.4 Å². The number of morpholine rings is 2. The molecule has 5 rings (SSSR count). The van der Waals surface area contributed by atoms with Gasteiger partial charge in [-0.3, -0.25) is 24.1 Å². The van der Waals surface area contributed by atoms with E-state index in [9.17, 15) is 29.1 Å². The quantitative estimate of drug-likeness (QED) is 0.192. The average Bonchev–Trinajstić information content (AvgIpc) is 3.44. The Bertz CT molecular complexity index is 2350. The molecule has 80 heavy (non-hydrogen) atoms. The molecule has 3 heterocycles. The van der Waals surface area contributed by atoms with Gasteiger partial charge < -0.3 is 58.0 Å². The summed E-state index contributed by atoms with van der Waals surface area (Å²) in [4.78, 5) is 112. The summed E-state index contributed by atoms with van der Waals surface area (Å²) >= 11 is 0. The number of carbonyl (C=O) groups excluding carboxylic acids is 7. The summed E-state index contributed by atoms with van der Waals surface area (Å²) in [6, 6.07) is 10.2. The van der Waals surface area contributed by atoms with E-state index in [0.717, 1.165) is 16.3 Å². The SMILES string of the molecule is CC(C)C[C@H]1C(=O)O[C@H](Cc2ccc(N3CCOCC3)cc2)C(=O)N(C)[C@@H](CC(C)C)C(=O)O[C@H](C)C(O)N(C)[C@@H](CC(C)C)C(=O)O[C@H](Cc2ccc(N3CCOCC3)cc2)C(=O)N(C)[C@@H](CC(C)C)C(=O)O[C@H](C)C(=O)N1C. The molecule has 3 amide bonds. The zero-order chi connectivity index (χ0) is 59.1. The highest BCUT2D eigenvalue weighted by Crippen LogP contribution is 2.27. The largest absolute Gasteiger partial charge is 0.457 e. The molecule has 0 aliphatic carbocycles. The van der Waals surface area contributed by atoms with Crippen LogP contribution in [0.5, 0.6) is 0 Å². The molecule has 3 fully saturated rings. The van der Waals surface area contributed by atoms with Gasteiger partial charge in [-0.25, -0.2) is 14.4 Å². The summed E-state index contributed by atoms with van der Waals surface area (Å²) < 4.78 is 35.5. The number of hydrogen-bond donors (Lipinski definition) is 1. The number of hydrogen-bond acceptors (Lipinski definition) is 17. The van der Waals surface area contributed by atoms with Crippen molar-refractivity contribution in [2.45, 2.75) is 163 Å². The lowest BCUT2D eigenvalue weighted by molar-refractivity contribution is -0.181. The highest BCUT2D eigenvalue weighted by Gasteiger charge is 2.43. The normalized spacial score (nSPS) is 26.7. The highest BCUT2D eigenvalue weighted by atomic mass is 16.6. The Balaban J connectivity index is 1.59. The molecule has 0 saturated carbocycles. The number of rotatable bonds is 14. The maximum Gasteiger partial charge on any atom is 0.329 e. The minimum atomic E-state index is -1.59. The summed E-state index contributed by atoms with van der Waals surface area (Å²) in [6.45, 7) is 23.0. The molecule has 446 valence electrons. The molecule has 0 radical (unpaired) electrons. The van der Waals surface area contributed by atoms with Crippen molar-refractivity contribution in [1.82, 2.24) is 19.6 Å². The fraction of sp³-hybridized carbons (Fsp3) is 0.683. The lowest BCUT2D eigenvalue weighted by Crippen LogP contribution is -2.55. The second kappa shape index (κ2) is 30.3.